The van der Waals surface area contributed by atoms with Crippen molar-refractivity contribution in [1.82, 2.24) is 30.3 Å². The van der Waals surface area contributed by atoms with Gasteiger partial charge in [-0.05, 0) is 76.8 Å². The fourth-order valence-electron chi connectivity index (χ4n) is 7.56. The number of hydrogen-bond acceptors (Lipinski definition) is 6. The number of methoxy groups -OCH3 is 1. The van der Waals surface area contributed by atoms with Crippen molar-refractivity contribution in [2.24, 2.45) is 5.92 Å². The van der Waals surface area contributed by atoms with Crippen LogP contribution in [-0.4, -0.2) is 86.6 Å². The maximum atomic E-state index is 14.4. The second-order valence-corrected chi connectivity index (χ2v) is 12.8. The SMILES string of the molecule is COc1cc(-c2cc(C(=O)N3CC[C@H](C(=O)NC4CCC5(CCCN5CC(C)(F)F)CC4)CC34CC4)n[nH]2)c(F)cn1. The van der Waals surface area contributed by atoms with Gasteiger partial charge in [0.2, 0.25) is 11.8 Å². The van der Waals surface area contributed by atoms with Crippen LogP contribution in [0.5, 0.6) is 5.88 Å². The summed E-state index contributed by atoms with van der Waals surface area (Å²) in [4.78, 5) is 34.5. The molecule has 2 N–H and O–H groups in total. The van der Waals surface area contributed by atoms with Gasteiger partial charge >= 0.3 is 0 Å². The zero-order valence-corrected chi connectivity index (χ0v) is 24.2. The highest BCUT2D eigenvalue weighted by atomic mass is 19.3. The van der Waals surface area contributed by atoms with E-state index in [1.807, 2.05) is 9.80 Å². The highest BCUT2D eigenvalue weighted by Crippen LogP contribution is 2.51. The Morgan fingerprint density at radius 1 is 1.12 bits per heavy atom. The summed E-state index contributed by atoms with van der Waals surface area (Å²) in [6.07, 6.45) is 9.03. The summed E-state index contributed by atoms with van der Waals surface area (Å²) in [5.41, 5.74) is 0.253. The predicted octanol–water partition coefficient (Wildman–Crippen LogP) is 4.55. The smallest absolute Gasteiger partial charge is 0.274 e. The highest BCUT2D eigenvalue weighted by Gasteiger charge is 2.55. The van der Waals surface area contributed by atoms with Crippen LogP contribution in [0.3, 0.4) is 0 Å². The van der Waals surface area contributed by atoms with E-state index < -0.39 is 11.7 Å². The quantitative estimate of drug-likeness (QED) is 0.492. The van der Waals surface area contributed by atoms with Gasteiger partial charge in [0.25, 0.3) is 11.8 Å². The molecule has 2 spiro atoms. The Kier molecular flexibility index (Phi) is 7.47. The molecule has 2 aliphatic carbocycles. The molecule has 6 rings (SSSR count). The first-order valence-corrected chi connectivity index (χ1v) is 15.0. The molecule has 0 radical (unpaired) electrons. The van der Waals surface area contributed by atoms with Gasteiger partial charge in [0.05, 0.1) is 25.5 Å². The number of hydrogen-bond donors (Lipinski definition) is 2. The van der Waals surface area contributed by atoms with Crippen LogP contribution in [0.15, 0.2) is 18.3 Å². The van der Waals surface area contributed by atoms with Gasteiger partial charge in [-0.25, -0.2) is 18.2 Å². The van der Waals surface area contributed by atoms with E-state index in [0.717, 1.165) is 71.0 Å². The maximum Gasteiger partial charge on any atom is 0.274 e. The summed E-state index contributed by atoms with van der Waals surface area (Å²) < 4.78 is 47.0. The van der Waals surface area contributed by atoms with Gasteiger partial charge in [-0.1, -0.05) is 0 Å². The fourth-order valence-corrected chi connectivity index (χ4v) is 7.56. The molecular formula is C30H39F3N6O3. The molecule has 2 amide bonds. The lowest BCUT2D eigenvalue weighted by atomic mass is 9.77. The summed E-state index contributed by atoms with van der Waals surface area (Å²) in [7, 11) is 1.44. The zero-order chi connectivity index (χ0) is 29.7. The molecule has 0 bridgehead atoms. The molecule has 4 heterocycles. The summed E-state index contributed by atoms with van der Waals surface area (Å²) in [6, 6.07) is 3.04. The minimum absolute atomic E-state index is 0.0295. The van der Waals surface area contributed by atoms with Crippen molar-refractivity contribution in [3.8, 4) is 17.1 Å². The Labute approximate surface area is 243 Å². The number of alkyl halides is 2. The molecular weight excluding hydrogens is 549 g/mol. The number of nitrogens with zero attached hydrogens (tertiary/aromatic N) is 4. The van der Waals surface area contributed by atoms with E-state index in [1.165, 1.54) is 19.2 Å². The second kappa shape index (κ2) is 10.8. The van der Waals surface area contributed by atoms with E-state index in [2.05, 4.69) is 20.5 Å². The van der Waals surface area contributed by atoms with Crippen LogP contribution >= 0.6 is 0 Å². The Morgan fingerprint density at radius 3 is 2.57 bits per heavy atom. The number of aromatic amines is 1. The van der Waals surface area contributed by atoms with E-state index >= 15 is 0 Å². The number of aromatic nitrogens is 3. The van der Waals surface area contributed by atoms with Crippen LogP contribution in [0.4, 0.5) is 13.2 Å². The lowest BCUT2D eigenvalue weighted by Gasteiger charge is -2.45. The Balaban J connectivity index is 1.05. The molecule has 42 heavy (non-hydrogen) atoms. The van der Waals surface area contributed by atoms with Crippen LogP contribution in [0.1, 0.15) is 81.6 Å². The molecule has 4 aliphatic rings. The van der Waals surface area contributed by atoms with E-state index in [0.29, 0.717) is 25.1 Å². The molecule has 9 nitrogen and oxygen atoms in total. The lowest BCUT2D eigenvalue weighted by Crippen LogP contribution is -2.54. The number of rotatable bonds is 7. The molecule has 2 aromatic heterocycles. The number of H-pyrrole nitrogens is 1. The van der Waals surface area contributed by atoms with Crippen molar-refractivity contribution in [1.29, 1.82) is 0 Å². The van der Waals surface area contributed by atoms with Crippen LogP contribution in [0.25, 0.3) is 11.3 Å². The maximum absolute atomic E-state index is 14.4. The average molecular weight is 589 g/mol. The van der Waals surface area contributed by atoms with Crippen molar-refractivity contribution in [2.75, 3.05) is 26.7 Å². The predicted molar refractivity (Wildman–Crippen MR) is 149 cm³/mol. The third-order valence-corrected chi connectivity index (χ3v) is 9.94. The number of halogens is 3. The molecule has 4 fully saturated rings. The molecule has 2 saturated heterocycles. The minimum atomic E-state index is -2.71. The Morgan fingerprint density at radius 2 is 1.88 bits per heavy atom. The molecule has 228 valence electrons. The van der Waals surface area contributed by atoms with Crippen molar-refractivity contribution in [3.05, 3.63) is 29.8 Å². The van der Waals surface area contributed by atoms with Crippen molar-refractivity contribution >= 4 is 11.8 Å². The standard InChI is InChI=1S/C30H39F3N6O3/c1-28(32,33)18-38-12-3-7-29(38)8-4-20(5-9-29)35-26(40)19-6-13-39(30(16-19)10-11-30)27(41)24-15-23(36-37-24)21-14-25(42-2)34-17-22(21)31/h14-15,17,19-20H,3-13,16,18H2,1-2H3,(H,35,40)(H,36,37)/t19-,20?,29?/m0/s1. The number of pyridine rings is 1. The first-order chi connectivity index (χ1) is 20.0. The van der Waals surface area contributed by atoms with Gasteiger partial charge in [-0.3, -0.25) is 19.6 Å². The molecule has 2 aliphatic heterocycles. The molecule has 0 aromatic carbocycles. The number of carbonyl (C=O) groups excluding carboxylic acids is 2. The van der Waals surface area contributed by atoms with Crippen LogP contribution in [0.2, 0.25) is 0 Å². The second-order valence-electron chi connectivity index (χ2n) is 12.8. The number of likely N-dealkylation sites (tertiary alicyclic amines) is 2. The zero-order valence-electron chi connectivity index (χ0n) is 24.2. The van der Waals surface area contributed by atoms with Gasteiger partial charge in [0, 0.05) is 48.1 Å². The third kappa shape index (κ3) is 5.61. The molecule has 12 heteroatoms. The lowest BCUT2D eigenvalue weighted by molar-refractivity contribution is -0.128. The number of carbonyl (C=O) groups is 2. The molecule has 2 aromatic rings. The van der Waals surface area contributed by atoms with Gasteiger partial charge in [-0.15, -0.1) is 0 Å². The van der Waals surface area contributed by atoms with Crippen LogP contribution < -0.4 is 10.1 Å². The van der Waals surface area contributed by atoms with Gasteiger partial charge < -0.3 is 15.0 Å². The first-order valence-electron chi connectivity index (χ1n) is 15.0. The van der Waals surface area contributed by atoms with Crippen molar-refractivity contribution < 1.29 is 27.5 Å². The number of nitrogens with one attached hydrogen (secondary N) is 2. The Bertz CT molecular complexity index is 1330. The minimum Gasteiger partial charge on any atom is -0.481 e. The highest BCUT2D eigenvalue weighted by molar-refractivity contribution is 5.94. The Hall–Kier alpha value is -3.15. The molecule has 2 saturated carbocycles. The molecule has 0 unspecified atom stereocenters. The van der Waals surface area contributed by atoms with Crippen LogP contribution in [-0.2, 0) is 4.79 Å². The van der Waals surface area contributed by atoms with E-state index in [-0.39, 0.29) is 58.5 Å². The van der Waals surface area contributed by atoms with Gasteiger partial charge in [-0.2, -0.15) is 5.10 Å². The average Bonchev–Trinajstić information content (AvgIpc) is 3.36. The normalized spacial score (nSPS) is 27.4. The summed E-state index contributed by atoms with van der Waals surface area (Å²) in [6.45, 7) is 1.96. The topological polar surface area (TPSA) is 103 Å². The summed E-state index contributed by atoms with van der Waals surface area (Å²) in [5.74, 6) is -3.39. The third-order valence-electron chi connectivity index (χ3n) is 9.94. The van der Waals surface area contributed by atoms with Gasteiger partial charge in [0.15, 0.2) is 11.5 Å². The summed E-state index contributed by atoms with van der Waals surface area (Å²) >= 11 is 0. The van der Waals surface area contributed by atoms with Crippen molar-refractivity contribution in [2.45, 2.75) is 94.2 Å². The molecule has 1 atom stereocenters. The first kappa shape index (κ1) is 28.9. The fraction of sp³-hybridized carbons (Fsp3) is 0.667. The number of amides is 2. The summed E-state index contributed by atoms with van der Waals surface area (Å²) in [5, 5.41) is 10.2. The van der Waals surface area contributed by atoms with E-state index in [4.69, 9.17) is 4.74 Å². The monoisotopic (exact) mass is 588 g/mol. The number of ether oxygens (including phenoxy) is 1. The van der Waals surface area contributed by atoms with Gasteiger partial charge in [0.1, 0.15) is 0 Å². The van der Waals surface area contributed by atoms with E-state index in [1.54, 1.807) is 0 Å². The number of piperidine rings is 1. The largest absolute Gasteiger partial charge is 0.481 e. The van der Waals surface area contributed by atoms with Crippen LogP contribution in [0, 0.1) is 11.7 Å². The van der Waals surface area contributed by atoms with Crippen molar-refractivity contribution in [3.63, 3.8) is 0 Å². The van der Waals surface area contributed by atoms with E-state index in [9.17, 15) is 22.8 Å².